The molecule has 0 radical (unpaired) electrons. The Morgan fingerprint density at radius 2 is 1.84 bits per heavy atom. The molecule has 0 spiro atoms. The predicted molar refractivity (Wildman–Crippen MR) is 99.5 cm³/mol. The van der Waals surface area contributed by atoms with Gasteiger partial charge in [0.25, 0.3) is 0 Å². The van der Waals surface area contributed by atoms with E-state index < -0.39 is 0 Å². The van der Waals surface area contributed by atoms with Crippen LogP contribution in [-0.2, 0) is 0 Å². The maximum atomic E-state index is 10.2. The Kier molecular flexibility index (Phi) is 3.78. The van der Waals surface area contributed by atoms with E-state index >= 15 is 0 Å². The molecule has 0 saturated carbocycles. The zero-order valence-corrected chi connectivity index (χ0v) is 13.7. The molecular weight excluding hydrogens is 312 g/mol. The smallest absolute Gasteiger partial charge is 0.231 e. The quantitative estimate of drug-likeness (QED) is 0.522. The first-order valence-corrected chi connectivity index (χ1v) is 7.99. The molecule has 25 heavy (non-hydrogen) atoms. The number of aromatic hydroxyl groups is 1. The number of fused-ring (bicyclic) bond motifs is 1. The molecule has 0 fully saturated rings. The zero-order valence-electron chi connectivity index (χ0n) is 13.7. The number of rotatable bonds is 3. The van der Waals surface area contributed by atoms with E-state index in [1.807, 2.05) is 55.5 Å². The Bertz CT molecular complexity index is 1070. The molecule has 0 unspecified atom stereocenters. The van der Waals surface area contributed by atoms with Gasteiger partial charge in [-0.3, -0.25) is 4.99 Å². The first kappa shape index (κ1) is 15.1. The van der Waals surface area contributed by atoms with Crippen LogP contribution in [0.2, 0.25) is 0 Å². The average Bonchev–Trinajstić information content (AvgIpc) is 3.07. The van der Waals surface area contributed by atoms with Crippen LogP contribution in [0.5, 0.6) is 5.75 Å². The number of benzene rings is 3. The van der Waals surface area contributed by atoms with Gasteiger partial charge in [-0.2, -0.15) is 0 Å². The van der Waals surface area contributed by atoms with Gasteiger partial charge in [0.2, 0.25) is 5.89 Å². The lowest BCUT2D eigenvalue weighted by Gasteiger charge is -2.01. The second-order valence-corrected chi connectivity index (χ2v) is 5.81. The molecular formula is C21H16N2O2. The molecule has 0 aliphatic rings. The van der Waals surface area contributed by atoms with E-state index in [0.717, 1.165) is 22.3 Å². The number of hydrogen-bond donors (Lipinski definition) is 1. The summed E-state index contributed by atoms with van der Waals surface area (Å²) in [6.45, 7) is 1.98. The van der Waals surface area contributed by atoms with Gasteiger partial charge >= 0.3 is 0 Å². The number of hydrogen-bond acceptors (Lipinski definition) is 4. The molecule has 1 N–H and O–H groups in total. The van der Waals surface area contributed by atoms with Crippen LogP contribution in [-0.4, -0.2) is 16.3 Å². The first-order chi connectivity index (χ1) is 12.2. The van der Waals surface area contributed by atoms with Gasteiger partial charge < -0.3 is 9.52 Å². The lowest BCUT2D eigenvalue weighted by molar-refractivity contribution is 0.474. The van der Waals surface area contributed by atoms with Crippen molar-refractivity contribution < 1.29 is 9.52 Å². The minimum atomic E-state index is 0.114. The first-order valence-electron chi connectivity index (χ1n) is 7.99. The molecule has 122 valence electrons. The van der Waals surface area contributed by atoms with Gasteiger partial charge in [-0.1, -0.05) is 42.5 Å². The molecule has 0 atom stereocenters. The van der Waals surface area contributed by atoms with Gasteiger partial charge in [0.15, 0.2) is 5.58 Å². The second-order valence-electron chi connectivity index (χ2n) is 5.81. The van der Waals surface area contributed by atoms with E-state index in [2.05, 4.69) is 9.98 Å². The molecule has 1 aromatic heterocycles. The SMILES string of the molecule is Cc1cccc2oc(-c3cc(N=Cc4ccccc4)ccc3O)nc12. The van der Waals surface area contributed by atoms with Crippen molar-refractivity contribution >= 4 is 23.0 Å². The van der Waals surface area contributed by atoms with E-state index in [9.17, 15) is 5.11 Å². The summed E-state index contributed by atoms with van der Waals surface area (Å²) in [4.78, 5) is 8.99. The van der Waals surface area contributed by atoms with Crippen molar-refractivity contribution in [3.05, 3.63) is 77.9 Å². The molecule has 1 heterocycles. The summed E-state index contributed by atoms with van der Waals surface area (Å²) in [5.41, 5.74) is 4.79. The van der Waals surface area contributed by atoms with Gasteiger partial charge in [-0.15, -0.1) is 0 Å². The molecule has 0 aliphatic carbocycles. The Balaban J connectivity index is 1.74. The molecule has 0 amide bonds. The van der Waals surface area contributed by atoms with Gasteiger partial charge in [0, 0.05) is 6.21 Å². The monoisotopic (exact) mass is 328 g/mol. The van der Waals surface area contributed by atoms with Crippen LogP contribution >= 0.6 is 0 Å². The minimum absolute atomic E-state index is 0.114. The highest BCUT2D eigenvalue weighted by atomic mass is 16.3. The third kappa shape index (κ3) is 3.02. The van der Waals surface area contributed by atoms with Crippen molar-refractivity contribution in [1.29, 1.82) is 0 Å². The van der Waals surface area contributed by atoms with Crippen LogP contribution in [0.3, 0.4) is 0 Å². The fraction of sp³-hybridized carbons (Fsp3) is 0.0476. The van der Waals surface area contributed by atoms with Gasteiger partial charge in [0.05, 0.1) is 11.3 Å². The minimum Gasteiger partial charge on any atom is -0.507 e. The summed E-state index contributed by atoms with van der Waals surface area (Å²) >= 11 is 0. The van der Waals surface area contributed by atoms with E-state index in [4.69, 9.17) is 4.42 Å². The topological polar surface area (TPSA) is 58.6 Å². The van der Waals surface area contributed by atoms with E-state index in [-0.39, 0.29) is 5.75 Å². The average molecular weight is 328 g/mol. The Morgan fingerprint density at radius 1 is 1.00 bits per heavy atom. The molecule has 4 nitrogen and oxygen atoms in total. The van der Waals surface area contributed by atoms with Crippen LogP contribution in [0.25, 0.3) is 22.6 Å². The molecule has 0 aliphatic heterocycles. The van der Waals surface area contributed by atoms with Gasteiger partial charge in [-0.25, -0.2) is 4.98 Å². The predicted octanol–water partition coefficient (Wildman–Crippen LogP) is 5.26. The second kappa shape index (κ2) is 6.24. The van der Waals surface area contributed by atoms with Crippen molar-refractivity contribution in [2.45, 2.75) is 6.92 Å². The summed E-state index contributed by atoms with van der Waals surface area (Å²) < 4.78 is 5.81. The molecule has 4 rings (SSSR count). The summed E-state index contributed by atoms with van der Waals surface area (Å²) in [5, 5.41) is 10.2. The zero-order chi connectivity index (χ0) is 17.2. The lowest BCUT2D eigenvalue weighted by atomic mass is 10.1. The molecule has 0 bridgehead atoms. The van der Waals surface area contributed by atoms with Crippen molar-refractivity contribution in [3.63, 3.8) is 0 Å². The Labute approximate surface area is 145 Å². The molecule has 0 saturated heterocycles. The highest BCUT2D eigenvalue weighted by Gasteiger charge is 2.14. The fourth-order valence-corrected chi connectivity index (χ4v) is 2.67. The summed E-state index contributed by atoms with van der Waals surface area (Å²) in [5.74, 6) is 0.501. The number of aryl methyl sites for hydroxylation is 1. The molecule has 4 aromatic rings. The number of phenolic OH excluding ortho intramolecular Hbond substituents is 1. The number of aromatic nitrogens is 1. The van der Waals surface area contributed by atoms with Gasteiger partial charge in [0.1, 0.15) is 11.3 Å². The highest BCUT2D eigenvalue weighted by molar-refractivity contribution is 5.83. The number of phenols is 1. The maximum Gasteiger partial charge on any atom is 0.231 e. The number of nitrogens with zero attached hydrogens (tertiary/aromatic N) is 2. The maximum absolute atomic E-state index is 10.2. The highest BCUT2D eigenvalue weighted by Crippen LogP contribution is 2.34. The Morgan fingerprint density at radius 3 is 2.64 bits per heavy atom. The fourth-order valence-electron chi connectivity index (χ4n) is 2.67. The van der Waals surface area contributed by atoms with E-state index in [1.165, 1.54) is 0 Å². The number of oxazole rings is 1. The molecule has 3 aromatic carbocycles. The van der Waals surface area contributed by atoms with Crippen LogP contribution < -0.4 is 0 Å². The third-order valence-corrected chi connectivity index (χ3v) is 3.99. The standard InChI is InChI=1S/C21H16N2O2/c1-14-6-5-9-19-20(14)23-21(25-19)17-12-16(10-11-18(17)24)22-13-15-7-3-2-4-8-15/h2-13,24H,1H3. The van der Waals surface area contributed by atoms with Crippen molar-refractivity contribution in [2.24, 2.45) is 4.99 Å². The van der Waals surface area contributed by atoms with Crippen LogP contribution in [0, 0.1) is 6.92 Å². The van der Waals surface area contributed by atoms with Crippen molar-refractivity contribution in [3.8, 4) is 17.2 Å². The van der Waals surface area contributed by atoms with Gasteiger partial charge in [-0.05, 0) is 42.3 Å². The van der Waals surface area contributed by atoms with Crippen LogP contribution in [0.15, 0.2) is 76.1 Å². The number of aliphatic imine (C=N–C) groups is 1. The van der Waals surface area contributed by atoms with Crippen LogP contribution in [0.1, 0.15) is 11.1 Å². The van der Waals surface area contributed by atoms with E-state index in [1.54, 1.807) is 24.4 Å². The van der Waals surface area contributed by atoms with Crippen LogP contribution in [0.4, 0.5) is 5.69 Å². The lowest BCUT2D eigenvalue weighted by Crippen LogP contribution is -1.81. The number of para-hydroxylation sites is 1. The Hall–Kier alpha value is -3.40. The van der Waals surface area contributed by atoms with Crippen molar-refractivity contribution in [2.75, 3.05) is 0 Å². The summed E-state index contributed by atoms with van der Waals surface area (Å²) in [6, 6.07) is 20.8. The summed E-state index contributed by atoms with van der Waals surface area (Å²) in [7, 11) is 0. The van der Waals surface area contributed by atoms with Crippen molar-refractivity contribution in [1.82, 2.24) is 4.98 Å². The summed E-state index contributed by atoms with van der Waals surface area (Å²) in [6.07, 6.45) is 1.78. The third-order valence-electron chi connectivity index (χ3n) is 3.99. The molecule has 4 heteroatoms. The van der Waals surface area contributed by atoms with E-state index in [0.29, 0.717) is 17.0 Å². The normalized spacial score (nSPS) is 11.4. The largest absolute Gasteiger partial charge is 0.507 e.